The van der Waals surface area contributed by atoms with Crippen LogP contribution in [-0.2, 0) is 9.53 Å². The second kappa shape index (κ2) is 7.20. The fourth-order valence-electron chi connectivity index (χ4n) is 2.16. The monoisotopic (exact) mass is 258 g/mol. The lowest BCUT2D eigenvalue weighted by Crippen LogP contribution is -2.45. The number of rotatable bonds is 6. The van der Waals surface area contributed by atoms with Gasteiger partial charge < -0.3 is 20.1 Å². The van der Waals surface area contributed by atoms with Crippen molar-refractivity contribution in [2.24, 2.45) is 0 Å². The molecule has 1 aliphatic heterocycles. The Labute approximate surface area is 107 Å². The Kier molecular flexibility index (Phi) is 5.91. The molecule has 0 aromatic rings. The molecule has 2 atom stereocenters. The first kappa shape index (κ1) is 14.8. The Morgan fingerprint density at radius 3 is 2.78 bits per heavy atom. The average molecular weight is 258 g/mol. The van der Waals surface area contributed by atoms with E-state index in [1.54, 1.807) is 11.8 Å². The van der Waals surface area contributed by atoms with Crippen LogP contribution >= 0.6 is 0 Å². The zero-order valence-corrected chi connectivity index (χ0v) is 11.0. The molecule has 6 heteroatoms. The maximum Gasteiger partial charge on any atom is 0.317 e. The first-order valence-corrected chi connectivity index (χ1v) is 6.42. The molecule has 0 aromatic carbocycles. The van der Waals surface area contributed by atoms with Gasteiger partial charge in [0.05, 0.1) is 12.5 Å². The molecule has 6 nitrogen and oxygen atoms in total. The molecule has 0 aliphatic carbocycles. The highest BCUT2D eigenvalue weighted by molar-refractivity contribution is 5.75. The molecule has 0 radical (unpaired) electrons. The van der Waals surface area contributed by atoms with Crippen LogP contribution in [0.4, 0.5) is 4.79 Å². The minimum absolute atomic E-state index is 0.0936. The topological polar surface area (TPSA) is 78.9 Å². The van der Waals surface area contributed by atoms with Crippen molar-refractivity contribution in [3.05, 3.63) is 0 Å². The fraction of sp³-hybridized carbons (Fsp3) is 0.833. The number of nitrogens with zero attached hydrogens (tertiary/aromatic N) is 1. The minimum atomic E-state index is -0.919. The number of aliphatic carboxylic acids is 1. The molecule has 1 heterocycles. The van der Waals surface area contributed by atoms with Crippen molar-refractivity contribution in [1.82, 2.24) is 10.2 Å². The van der Waals surface area contributed by atoms with Crippen LogP contribution in [0.1, 0.15) is 33.1 Å². The number of carbonyl (C=O) groups is 2. The maximum absolute atomic E-state index is 11.9. The molecule has 2 unspecified atom stereocenters. The van der Waals surface area contributed by atoms with Crippen molar-refractivity contribution >= 4 is 12.0 Å². The number of likely N-dealkylation sites (tertiary alicyclic amines) is 1. The Bertz CT molecular complexity index is 296. The smallest absolute Gasteiger partial charge is 0.317 e. The van der Waals surface area contributed by atoms with Crippen molar-refractivity contribution in [2.45, 2.75) is 45.3 Å². The molecule has 2 N–H and O–H groups in total. The molecule has 0 spiro atoms. The van der Waals surface area contributed by atoms with E-state index >= 15 is 0 Å². The number of carboxylic acids is 1. The number of hydrogen-bond acceptors (Lipinski definition) is 3. The van der Waals surface area contributed by atoms with Gasteiger partial charge in [0.15, 0.2) is 0 Å². The Morgan fingerprint density at radius 1 is 1.56 bits per heavy atom. The quantitative estimate of drug-likeness (QED) is 0.746. The molecule has 1 aliphatic rings. The predicted octanol–water partition coefficient (Wildman–Crippen LogP) is 1.06. The normalized spacial score (nSPS) is 20.8. The van der Waals surface area contributed by atoms with E-state index < -0.39 is 12.1 Å². The van der Waals surface area contributed by atoms with Crippen molar-refractivity contribution in [3.8, 4) is 0 Å². The summed E-state index contributed by atoms with van der Waals surface area (Å²) in [5.74, 6) is -0.919. The van der Waals surface area contributed by atoms with Crippen LogP contribution in [0, 0.1) is 0 Å². The highest BCUT2D eigenvalue weighted by Gasteiger charge is 2.25. The summed E-state index contributed by atoms with van der Waals surface area (Å²) < 4.78 is 5.28. The lowest BCUT2D eigenvalue weighted by molar-refractivity contribution is -0.140. The molecule has 18 heavy (non-hydrogen) atoms. The zero-order valence-electron chi connectivity index (χ0n) is 11.0. The molecule has 2 amide bonds. The van der Waals surface area contributed by atoms with E-state index in [0.29, 0.717) is 6.61 Å². The van der Waals surface area contributed by atoms with Gasteiger partial charge in [-0.05, 0) is 26.7 Å². The first-order chi connectivity index (χ1) is 8.54. The van der Waals surface area contributed by atoms with Crippen molar-refractivity contribution in [1.29, 1.82) is 0 Å². The third-order valence-electron chi connectivity index (χ3n) is 3.10. The summed E-state index contributed by atoms with van der Waals surface area (Å²) in [6, 6.07) is 0.130. The van der Waals surface area contributed by atoms with Gasteiger partial charge in [0.2, 0.25) is 0 Å². The van der Waals surface area contributed by atoms with Gasteiger partial charge in [-0.3, -0.25) is 4.79 Å². The van der Waals surface area contributed by atoms with Crippen LogP contribution < -0.4 is 5.32 Å². The van der Waals surface area contributed by atoms with Gasteiger partial charge in [-0.25, -0.2) is 4.79 Å². The minimum Gasteiger partial charge on any atom is -0.481 e. The molecule has 1 rings (SSSR count). The molecular weight excluding hydrogens is 236 g/mol. The second-order valence-corrected chi connectivity index (χ2v) is 4.55. The van der Waals surface area contributed by atoms with Crippen LogP contribution in [0.5, 0.6) is 0 Å². The van der Waals surface area contributed by atoms with E-state index in [-0.39, 0.29) is 25.0 Å². The summed E-state index contributed by atoms with van der Waals surface area (Å²) in [5, 5.41) is 11.5. The third-order valence-corrected chi connectivity index (χ3v) is 3.10. The van der Waals surface area contributed by atoms with Crippen molar-refractivity contribution in [2.75, 3.05) is 19.7 Å². The van der Waals surface area contributed by atoms with Gasteiger partial charge in [-0.15, -0.1) is 0 Å². The molecule has 1 saturated heterocycles. The molecular formula is C12H22N2O4. The molecule has 1 fully saturated rings. The third kappa shape index (κ3) is 4.52. The van der Waals surface area contributed by atoms with E-state index in [1.807, 2.05) is 6.92 Å². The number of nitrogens with one attached hydrogen (secondary N) is 1. The summed E-state index contributed by atoms with van der Waals surface area (Å²) in [6.07, 6.45) is 1.49. The highest BCUT2D eigenvalue weighted by atomic mass is 16.5. The van der Waals surface area contributed by atoms with Crippen LogP contribution in [0.15, 0.2) is 0 Å². The second-order valence-electron chi connectivity index (χ2n) is 4.55. The van der Waals surface area contributed by atoms with Gasteiger partial charge in [-0.2, -0.15) is 0 Å². The van der Waals surface area contributed by atoms with E-state index in [0.717, 1.165) is 19.4 Å². The number of ether oxygens (including phenoxy) is 1. The van der Waals surface area contributed by atoms with E-state index in [2.05, 4.69) is 5.32 Å². The van der Waals surface area contributed by atoms with Crippen LogP contribution in [0.3, 0.4) is 0 Å². The summed E-state index contributed by atoms with van der Waals surface area (Å²) in [5.41, 5.74) is 0. The van der Waals surface area contributed by atoms with Gasteiger partial charge in [0, 0.05) is 25.7 Å². The number of carboxylic acid groups (broad SMARTS) is 1. The number of amides is 2. The molecule has 104 valence electrons. The van der Waals surface area contributed by atoms with E-state index in [1.165, 1.54) is 0 Å². The number of carbonyl (C=O) groups excluding carboxylic acids is 1. The standard InChI is InChI=1S/C12H22N2O4/c1-3-18-10(7-11(15)16)8-13-12(17)14-6-4-5-9(14)2/h9-10H,3-8H2,1-2H3,(H,13,17)(H,15,16). The number of hydrogen-bond donors (Lipinski definition) is 2. The van der Waals surface area contributed by atoms with Crippen LogP contribution in [0.2, 0.25) is 0 Å². The fourth-order valence-corrected chi connectivity index (χ4v) is 2.16. The van der Waals surface area contributed by atoms with Crippen LogP contribution in [-0.4, -0.2) is 53.8 Å². The average Bonchev–Trinajstić information content (AvgIpc) is 2.71. The summed E-state index contributed by atoms with van der Waals surface area (Å²) in [6.45, 7) is 5.27. The Hall–Kier alpha value is -1.30. The zero-order chi connectivity index (χ0) is 13.5. The van der Waals surface area contributed by atoms with E-state index in [4.69, 9.17) is 9.84 Å². The molecule has 0 bridgehead atoms. The van der Waals surface area contributed by atoms with E-state index in [9.17, 15) is 9.59 Å². The van der Waals surface area contributed by atoms with Gasteiger partial charge in [0.25, 0.3) is 0 Å². The van der Waals surface area contributed by atoms with Crippen molar-refractivity contribution in [3.63, 3.8) is 0 Å². The van der Waals surface area contributed by atoms with Gasteiger partial charge in [-0.1, -0.05) is 0 Å². The molecule has 0 aromatic heterocycles. The number of urea groups is 1. The lowest BCUT2D eigenvalue weighted by Gasteiger charge is -2.23. The van der Waals surface area contributed by atoms with Gasteiger partial charge >= 0.3 is 12.0 Å². The maximum atomic E-state index is 11.9. The summed E-state index contributed by atoms with van der Waals surface area (Å²) in [7, 11) is 0. The van der Waals surface area contributed by atoms with Crippen molar-refractivity contribution < 1.29 is 19.4 Å². The Balaban J connectivity index is 2.36. The highest BCUT2D eigenvalue weighted by Crippen LogP contribution is 2.15. The molecule has 0 saturated carbocycles. The largest absolute Gasteiger partial charge is 0.481 e. The summed E-state index contributed by atoms with van der Waals surface area (Å²) >= 11 is 0. The first-order valence-electron chi connectivity index (χ1n) is 6.42. The summed E-state index contributed by atoms with van der Waals surface area (Å²) in [4.78, 5) is 24.3. The van der Waals surface area contributed by atoms with Crippen LogP contribution in [0.25, 0.3) is 0 Å². The lowest BCUT2D eigenvalue weighted by atomic mass is 10.2. The Morgan fingerprint density at radius 2 is 2.28 bits per heavy atom. The predicted molar refractivity (Wildman–Crippen MR) is 66.5 cm³/mol. The van der Waals surface area contributed by atoms with Gasteiger partial charge in [0.1, 0.15) is 0 Å². The SMILES string of the molecule is CCOC(CNC(=O)N1CCCC1C)CC(=O)O.